The van der Waals surface area contributed by atoms with Crippen molar-refractivity contribution in [3.8, 4) is 11.1 Å². The fraction of sp³-hybridized carbons (Fsp3) is 0.0909. The summed E-state index contributed by atoms with van der Waals surface area (Å²) in [5, 5.41) is 4.72. The van der Waals surface area contributed by atoms with Gasteiger partial charge in [0.1, 0.15) is 11.6 Å². The van der Waals surface area contributed by atoms with Gasteiger partial charge in [-0.15, -0.1) is 0 Å². The van der Waals surface area contributed by atoms with E-state index in [9.17, 15) is 9.18 Å². The maximum atomic E-state index is 13.5. The van der Waals surface area contributed by atoms with E-state index in [0.29, 0.717) is 43.8 Å². The highest BCUT2D eigenvalue weighted by molar-refractivity contribution is 6.39. The van der Waals surface area contributed by atoms with E-state index in [-0.39, 0.29) is 11.4 Å². The van der Waals surface area contributed by atoms with Crippen LogP contribution in [0.1, 0.15) is 5.56 Å². The van der Waals surface area contributed by atoms with E-state index < -0.39 is 0 Å². The standard InChI is InChI=1S/C22H16Cl2FN3O/c1-12-8-14(6-7-18(12)25)27-20-10-19-13(11-26-20)9-15(22(29)28(19)2)21-16(23)4-3-5-17(21)24/h3-11H,1-2H3,(H,26,27). The molecule has 4 aromatic rings. The van der Waals surface area contributed by atoms with Crippen molar-refractivity contribution >= 4 is 45.6 Å². The molecular formula is C22H16Cl2FN3O. The molecule has 0 saturated carbocycles. The van der Waals surface area contributed by atoms with Gasteiger partial charge in [0.2, 0.25) is 0 Å². The summed E-state index contributed by atoms with van der Waals surface area (Å²) in [4.78, 5) is 17.4. The third-order valence-corrected chi connectivity index (χ3v) is 5.40. The number of fused-ring (bicyclic) bond motifs is 1. The lowest BCUT2D eigenvalue weighted by atomic mass is 10.1. The normalized spacial score (nSPS) is 11.1. The van der Waals surface area contributed by atoms with Crippen molar-refractivity contribution in [1.29, 1.82) is 0 Å². The van der Waals surface area contributed by atoms with Gasteiger partial charge in [-0.1, -0.05) is 29.3 Å². The van der Waals surface area contributed by atoms with Crippen LogP contribution in [0.4, 0.5) is 15.9 Å². The summed E-state index contributed by atoms with van der Waals surface area (Å²) >= 11 is 12.6. The largest absolute Gasteiger partial charge is 0.340 e. The Balaban J connectivity index is 1.82. The van der Waals surface area contributed by atoms with Crippen molar-refractivity contribution in [2.45, 2.75) is 6.92 Å². The molecule has 0 aliphatic rings. The molecule has 0 aliphatic heterocycles. The highest BCUT2D eigenvalue weighted by Crippen LogP contribution is 2.34. The molecule has 2 aromatic heterocycles. The van der Waals surface area contributed by atoms with Gasteiger partial charge in [-0.25, -0.2) is 9.37 Å². The van der Waals surface area contributed by atoms with Crippen molar-refractivity contribution in [3.63, 3.8) is 0 Å². The Bertz CT molecular complexity index is 1300. The van der Waals surface area contributed by atoms with Crippen molar-refractivity contribution in [2.75, 3.05) is 5.32 Å². The van der Waals surface area contributed by atoms with E-state index in [0.717, 1.165) is 5.39 Å². The van der Waals surface area contributed by atoms with E-state index in [1.165, 1.54) is 10.6 Å². The summed E-state index contributed by atoms with van der Waals surface area (Å²) in [7, 11) is 1.69. The molecule has 2 heterocycles. The first-order chi connectivity index (χ1) is 13.8. The summed E-state index contributed by atoms with van der Waals surface area (Å²) in [6.45, 7) is 1.69. The molecular weight excluding hydrogens is 412 g/mol. The maximum Gasteiger partial charge on any atom is 0.258 e. The maximum absolute atomic E-state index is 13.5. The molecule has 4 rings (SSSR count). The van der Waals surface area contributed by atoms with E-state index in [4.69, 9.17) is 23.2 Å². The van der Waals surface area contributed by atoms with E-state index in [1.54, 1.807) is 62.6 Å². The number of aromatic nitrogens is 2. The number of benzene rings is 2. The minimum absolute atomic E-state index is 0.220. The molecule has 0 unspecified atom stereocenters. The minimum Gasteiger partial charge on any atom is -0.340 e. The second-order valence-corrected chi connectivity index (χ2v) is 7.55. The summed E-state index contributed by atoms with van der Waals surface area (Å²) in [6, 6.07) is 13.4. The number of anilines is 2. The average Bonchev–Trinajstić information content (AvgIpc) is 2.69. The molecule has 7 heteroatoms. The minimum atomic E-state index is -0.268. The van der Waals surface area contributed by atoms with Crippen molar-refractivity contribution in [3.05, 3.63) is 86.5 Å². The van der Waals surface area contributed by atoms with Gasteiger partial charge in [-0.3, -0.25) is 4.79 Å². The van der Waals surface area contributed by atoms with Gasteiger partial charge in [0.25, 0.3) is 5.56 Å². The first-order valence-electron chi connectivity index (χ1n) is 8.82. The molecule has 146 valence electrons. The third kappa shape index (κ3) is 3.59. The fourth-order valence-corrected chi connectivity index (χ4v) is 3.84. The highest BCUT2D eigenvalue weighted by Gasteiger charge is 2.15. The van der Waals surface area contributed by atoms with Crippen LogP contribution < -0.4 is 10.9 Å². The summed E-state index contributed by atoms with van der Waals surface area (Å²) < 4.78 is 15.0. The van der Waals surface area contributed by atoms with Crippen LogP contribution in [0.15, 0.2) is 59.5 Å². The Morgan fingerprint density at radius 2 is 1.79 bits per heavy atom. The van der Waals surface area contributed by atoms with Crippen LogP contribution >= 0.6 is 23.2 Å². The van der Waals surface area contributed by atoms with Crippen LogP contribution in [0.3, 0.4) is 0 Å². The van der Waals surface area contributed by atoms with Gasteiger partial charge in [0, 0.05) is 35.9 Å². The second-order valence-electron chi connectivity index (χ2n) is 6.74. The number of hydrogen-bond donors (Lipinski definition) is 1. The van der Waals surface area contributed by atoms with Crippen LogP contribution in [0.5, 0.6) is 0 Å². The van der Waals surface area contributed by atoms with Gasteiger partial charge in [0.05, 0.1) is 21.1 Å². The molecule has 4 nitrogen and oxygen atoms in total. The van der Waals surface area contributed by atoms with Gasteiger partial charge >= 0.3 is 0 Å². The highest BCUT2D eigenvalue weighted by atomic mass is 35.5. The zero-order chi connectivity index (χ0) is 20.7. The molecule has 1 N–H and O–H groups in total. The quantitative estimate of drug-likeness (QED) is 0.429. The third-order valence-electron chi connectivity index (χ3n) is 4.77. The molecule has 29 heavy (non-hydrogen) atoms. The van der Waals surface area contributed by atoms with Crippen LogP contribution in [0.25, 0.3) is 22.0 Å². The number of aryl methyl sites for hydroxylation is 2. The average molecular weight is 428 g/mol. The Kier molecular flexibility index (Phi) is 5.03. The smallest absolute Gasteiger partial charge is 0.258 e. The van der Waals surface area contributed by atoms with Crippen LogP contribution in [-0.2, 0) is 7.05 Å². The summed E-state index contributed by atoms with van der Waals surface area (Å²) in [5.74, 6) is 0.275. The van der Waals surface area contributed by atoms with E-state index in [1.807, 2.05) is 0 Å². The predicted molar refractivity (Wildman–Crippen MR) is 117 cm³/mol. The number of hydrogen-bond acceptors (Lipinski definition) is 3. The lowest BCUT2D eigenvalue weighted by Crippen LogP contribution is -2.19. The molecule has 0 radical (unpaired) electrons. The topological polar surface area (TPSA) is 46.9 Å². The Morgan fingerprint density at radius 3 is 2.48 bits per heavy atom. The lowest BCUT2D eigenvalue weighted by molar-refractivity contribution is 0.619. The molecule has 0 fully saturated rings. The van der Waals surface area contributed by atoms with Gasteiger partial charge in [0.15, 0.2) is 0 Å². The van der Waals surface area contributed by atoms with Gasteiger partial charge < -0.3 is 9.88 Å². The Labute approximate surface area is 176 Å². The SMILES string of the molecule is Cc1cc(Nc2cc3c(cn2)cc(-c2c(Cl)cccc2Cl)c(=O)n3C)ccc1F. The second kappa shape index (κ2) is 7.50. The molecule has 0 aliphatic carbocycles. The molecule has 0 spiro atoms. The predicted octanol–water partition coefficient (Wildman–Crippen LogP) is 6.10. The van der Waals surface area contributed by atoms with E-state index in [2.05, 4.69) is 10.3 Å². The fourth-order valence-electron chi connectivity index (χ4n) is 3.24. The molecule has 0 saturated heterocycles. The van der Waals surface area contributed by atoms with Gasteiger partial charge in [-0.2, -0.15) is 0 Å². The van der Waals surface area contributed by atoms with Crippen LogP contribution in [0, 0.1) is 12.7 Å². The number of rotatable bonds is 3. The van der Waals surface area contributed by atoms with Gasteiger partial charge in [-0.05, 0) is 48.9 Å². The number of nitrogens with one attached hydrogen (secondary N) is 1. The number of pyridine rings is 2. The molecule has 0 amide bonds. The molecule has 0 atom stereocenters. The monoisotopic (exact) mass is 427 g/mol. The summed E-state index contributed by atoms with van der Waals surface area (Å²) in [6.07, 6.45) is 1.67. The van der Waals surface area contributed by atoms with E-state index >= 15 is 0 Å². The number of halogens is 3. The first kappa shape index (κ1) is 19.4. The Morgan fingerprint density at radius 1 is 1.07 bits per heavy atom. The molecule has 0 bridgehead atoms. The number of nitrogens with zero attached hydrogens (tertiary/aromatic N) is 2. The zero-order valence-electron chi connectivity index (χ0n) is 15.6. The lowest BCUT2D eigenvalue weighted by Gasteiger charge is -2.13. The zero-order valence-corrected chi connectivity index (χ0v) is 17.1. The van der Waals surface area contributed by atoms with Crippen molar-refractivity contribution in [1.82, 2.24) is 9.55 Å². The van der Waals surface area contributed by atoms with Crippen molar-refractivity contribution < 1.29 is 4.39 Å². The summed E-state index contributed by atoms with van der Waals surface area (Å²) in [5.41, 5.74) is 2.62. The first-order valence-corrected chi connectivity index (χ1v) is 9.58. The van der Waals surface area contributed by atoms with Crippen molar-refractivity contribution in [2.24, 2.45) is 7.05 Å². The molecule has 2 aromatic carbocycles. The van der Waals surface area contributed by atoms with Crippen LogP contribution in [0.2, 0.25) is 10.0 Å². The van der Waals surface area contributed by atoms with Crippen LogP contribution in [-0.4, -0.2) is 9.55 Å². The Hall–Kier alpha value is -2.89.